The van der Waals surface area contributed by atoms with E-state index in [0.717, 1.165) is 25.7 Å². The van der Waals surface area contributed by atoms with Gasteiger partial charge in [0.1, 0.15) is 40.7 Å². The van der Waals surface area contributed by atoms with Crippen LogP contribution >= 0.6 is 12.4 Å². The number of rotatable bonds is 29. The normalized spacial score (nSPS) is 17.0. The Bertz CT molecular complexity index is 1260. The smallest absolute Gasteiger partial charge is 0.413 e. The van der Waals surface area contributed by atoms with Gasteiger partial charge in [0.15, 0.2) is 0 Å². The fraction of sp³-hybridized carbons (Fsp3) is 0.840. The predicted octanol–water partition coefficient (Wildman–Crippen LogP) is 13.4. The molecule has 0 unspecified atom stereocenters. The first kappa shape index (κ1) is 64.6. The Hall–Kier alpha value is -2.67. The molecule has 372 valence electrons. The number of allylic oxidation sites excluding steroid dienone is 2. The Morgan fingerprint density at radius 2 is 1.11 bits per heavy atom. The maximum absolute atomic E-state index is 13.2. The van der Waals surface area contributed by atoms with Gasteiger partial charge in [0.2, 0.25) is 0 Å². The number of carbonyl (C=O) groups excluding carboxylic acids is 2. The van der Waals surface area contributed by atoms with Gasteiger partial charge in [0.25, 0.3) is 0 Å². The SMILES string of the molecule is C.CCCCCCCCCCCCC/C=C/[C@@H](O)[C@@H](N)C(=N)N.CCCCCCCCCCCCC/C=C/[C@H]1OC(C)(C)N(C(=O)OC(C)(C)C)[C@H]1C(=N)NC(=O)OC(C)(C)C.Cl. The summed E-state index contributed by atoms with van der Waals surface area (Å²) in [5.74, 6) is -0.350. The zero-order valence-electron chi connectivity index (χ0n) is 41.1. The lowest BCUT2D eigenvalue weighted by atomic mass is 10.0. The molecular weight excluding hydrogens is 816 g/mol. The number of hydrogen-bond donors (Lipinski definition) is 6. The third-order valence-corrected chi connectivity index (χ3v) is 10.5. The highest BCUT2D eigenvalue weighted by Crippen LogP contribution is 2.35. The lowest BCUT2D eigenvalue weighted by Gasteiger charge is -2.35. The summed E-state index contributed by atoms with van der Waals surface area (Å²) in [5, 5.41) is 28.0. The average Bonchev–Trinajstić information content (AvgIpc) is 3.43. The van der Waals surface area contributed by atoms with Crippen molar-refractivity contribution in [2.75, 3.05) is 0 Å². The van der Waals surface area contributed by atoms with Crippen molar-refractivity contribution in [1.82, 2.24) is 10.2 Å². The van der Waals surface area contributed by atoms with Gasteiger partial charge >= 0.3 is 12.2 Å². The second kappa shape index (κ2) is 36.5. The Morgan fingerprint density at radius 3 is 1.49 bits per heavy atom. The molecule has 8 N–H and O–H groups in total. The number of aliphatic hydroxyl groups excluding tert-OH is 1. The van der Waals surface area contributed by atoms with Crippen molar-refractivity contribution >= 4 is 36.3 Å². The number of carbonyl (C=O) groups is 2. The van der Waals surface area contributed by atoms with Gasteiger partial charge < -0.3 is 30.8 Å². The molecule has 0 aromatic carbocycles. The maximum Gasteiger partial charge on any atom is 0.413 e. The highest BCUT2D eigenvalue weighted by molar-refractivity contribution is 5.99. The number of halogens is 1. The third kappa shape index (κ3) is 33.5. The fourth-order valence-electron chi connectivity index (χ4n) is 7.13. The molecule has 2 amide bonds. The van der Waals surface area contributed by atoms with Crippen molar-refractivity contribution in [2.45, 2.75) is 272 Å². The summed E-state index contributed by atoms with van der Waals surface area (Å²) in [6.07, 6.45) is 35.6. The number of unbranched alkanes of at least 4 members (excludes halogenated alkanes) is 22. The van der Waals surface area contributed by atoms with Crippen molar-refractivity contribution in [1.29, 1.82) is 10.8 Å². The average molecular weight is 916 g/mol. The lowest BCUT2D eigenvalue weighted by Crippen LogP contribution is -2.56. The van der Waals surface area contributed by atoms with Crippen LogP contribution in [0.2, 0.25) is 0 Å². The molecule has 1 heterocycles. The standard InChI is InChI=1S/C31H57N3O5.C18H37N3O.CH4.ClH/c1-10-11-12-13-14-15-16-17-18-19-20-21-22-23-24-25(26(32)33-27(35)38-29(2,3)4)34(31(8,9)37-24)28(36)39-30(5,6)7;1-2-3-4-5-6-7-8-9-10-11-12-13-14-15-16(22)17(19)18(20)21;;/h22-25H,10-21H2,1-9H3,(H2,32,33,35);14-17,22H,2-13,19H2,1H3,(H3,20,21);1H4;1H/b23-22+;15-14+;;/t24-,25-;16-,17-;;/m11../s1. The molecule has 63 heavy (non-hydrogen) atoms. The molecule has 0 aromatic heterocycles. The first-order valence-electron chi connectivity index (χ1n) is 24.1. The summed E-state index contributed by atoms with van der Waals surface area (Å²) in [7, 11) is 0. The van der Waals surface area contributed by atoms with Crippen molar-refractivity contribution in [3.63, 3.8) is 0 Å². The lowest BCUT2D eigenvalue weighted by molar-refractivity contribution is -0.0707. The quantitative estimate of drug-likeness (QED) is 0.0184. The van der Waals surface area contributed by atoms with Gasteiger partial charge in [-0.3, -0.25) is 21.0 Å². The molecular formula is C50H99ClN6O6. The zero-order chi connectivity index (χ0) is 46.3. The summed E-state index contributed by atoms with van der Waals surface area (Å²) in [5.41, 5.74) is 8.33. The van der Waals surface area contributed by atoms with Crippen molar-refractivity contribution in [3.05, 3.63) is 24.3 Å². The number of amides is 2. The van der Waals surface area contributed by atoms with Crippen LogP contribution in [0.4, 0.5) is 9.59 Å². The Balaban J connectivity index is -0.00000128. The maximum atomic E-state index is 13.2. The number of alkyl carbamates (subject to hydrolysis) is 1. The molecule has 0 saturated carbocycles. The first-order chi connectivity index (χ1) is 28.7. The molecule has 0 radical (unpaired) electrons. The third-order valence-electron chi connectivity index (χ3n) is 10.5. The number of amidine groups is 2. The van der Waals surface area contributed by atoms with E-state index >= 15 is 0 Å². The van der Waals surface area contributed by atoms with E-state index in [1.165, 1.54) is 133 Å². The van der Waals surface area contributed by atoms with Gasteiger partial charge in [-0.1, -0.05) is 174 Å². The summed E-state index contributed by atoms with van der Waals surface area (Å²) in [6.45, 7) is 18.7. The highest BCUT2D eigenvalue weighted by Gasteiger charge is 2.52. The molecule has 0 aliphatic carbocycles. The minimum Gasteiger partial charge on any atom is -0.444 e. The number of nitrogens with two attached hydrogens (primary N) is 2. The molecule has 12 nitrogen and oxygen atoms in total. The largest absolute Gasteiger partial charge is 0.444 e. The van der Waals surface area contributed by atoms with E-state index in [1.807, 2.05) is 12.2 Å². The number of aliphatic hydroxyl groups is 1. The molecule has 0 spiro atoms. The second-order valence-electron chi connectivity index (χ2n) is 19.3. The number of ether oxygens (including phenoxy) is 3. The van der Waals surface area contributed by atoms with E-state index in [2.05, 4.69) is 25.2 Å². The topological polar surface area (TPSA) is 197 Å². The van der Waals surface area contributed by atoms with Gasteiger partial charge in [-0.15, -0.1) is 12.4 Å². The van der Waals surface area contributed by atoms with E-state index in [0.29, 0.717) is 0 Å². The van der Waals surface area contributed by atoms with Crippen molar-refractivity contribution in [2.24, 2.45) is 11.5 Å². The molecule has 0 aromatic rings. The van der Waals surface area contributed by atoms with Gasteiger partial charge in [-0.2, -0.15) is 0 Å². The summed E-state index contributed by atoms with van der Waals surface area (Å²) in [6, 6.07) is -1.65. The Morgan fingerprint density at radius 1 is 0.730 bits per heavy atom. The van der Waals surface area contributed by atoms with Crippen LogP contribution in [0.25, 0.3) is 0 Å². The summed E-state index contributed by atoms with van der Waals surface area (Å²) in [4.78, 5) is 27.0. The summed E-state index contributed by atoms with van der Waals surface area (Å²) >= 11 is 0. The van der Waals surface area contributed by atoms with Gasteiger partial charge in [-0.05, 0) is 81.1 Å². The first-order valence-corrected chi connectivity index (χ1v) is 24.1. The zero-order valence-corrected chi connectivity index (χ0v) is 41.9. The fourth-order valence-corrected chi connectivity index (χ4v) is 7.13. The molecule has 1 fully saturated rings. The minimum absolute atomic E-state index is 0. The van der Waals surface area contributed by atoms with Crippen LogP contribution in [0.15, 0.2) is 24.3 Å². The van der Waals surface area contributed by atoms with Crippen LogP contribution in [-0.4, -0.2) is 75.1 Å². The van der Waals surface area contributed by atoms with E-state index in [4.69, 9.17) is 36.5 Å². The van der Waals surface area contributed by atoms with Gasteiger partial charge in [0, 0.05) is 0 Å². The molecule has 13 heteroatoms. The monoisotopic (exact) mass is 915 g/mol. The van der Waals surface area contributed by atoms with E-state index < -0.39 is 53.4 Å². The van der Waals surface area contributed by atoms with Gasteiger partial charge in [0.05, 0.1) is 12.1 Å². The van der Waals surface area contributed by atoms with Crippen molar-refractivity contribution < 1.29 is 28.9 Å². The van der Waals surface area contributed by atoms with E-state index in [-0.39, 0.29) is 31.5 Å². The second-order valence-corrected chi connectivity index (χ2v) is 19.3. The number of nitrogens with zero attached hydrogens (tertiary/aromatic N) is 1. The highest BCUT2D eigenvalue weighted by atomic mass is 35.5. The van der Waals surface area contributed by atoms with Crippen LogP contribution in [0.5, 0.6) is 0 Å². The van der Waals surface area contributed by atoms with Crippen molar-refractivity contribution in [3.8, 4) is 0 Å². The van der Waals surface area contributed by atoms with Gasteiger partial charge in [-0.25, -0.2) is 9.59 Å². The molecule has 1 aliphatic heterocycles. The van der Waals surface area contributed by atoms with Crippen LogP contribution in [0.1, 0.15) is 231 Å². The van der Waals surface area contributed by atoms with Crippen LogP contribution in [0.3, 0.4) is 0 Å². The Kier molecular flexibility index (Phi) is 37.5. The summed E-state index contributed by atoms with van der Waals surface area (Å²) < 4.78 is 17.2. The Labute approximate surface area is 392 Å². The van der Waals surface area contributed by atoms with Crippen LogP contribution < -0.4 is 16.8 Å². The number of nitrogens with one attached hydrogen (secondary N) is 3. The molecule has 1 aliphatic rings. The van der Waals surface area contributed by atoms with Crippen LogP contribution in [-0.2, 0) is 14.2 Å². The minimum atomic E-state index is -1.04. The molecule has 0 bridgehead atoms. The molecule has 4 atom stereocenters. The van der Waals surface area contributed by atoms with E-state index in [1.54, 1.807) is 61.5 Å². The predicted molar refractivity (Wildman–Crippen MR) is 268 cm³/mol. The van der Waals surface area contributed by atoms with Crippen LogP contribution in [0, 0.1) is 10.8 Å². The molecule has 1 saturated heterocycles. The molecule has 1 rings (SSSR count). The van der Waals surface area contributed by atoms with E-state index in [9.17, 15) is 14.7 Å². The number of hydrogen-bond acceptors (Lipinski definition) is 9.